The van der Waals surface area contributed by atoms with Gasteiger partial charge in [0.05, 0.1) is 18.4 Å². The number of rotatable bonds is 8. The number of carbonyl (C=O) groups is 1. The van der Waals surface area contributed by atoms with Gasteiger partial charge in [-0.3, -0.25) is 4.79 Å². The normalized spacial score (nSPS) is 10.4. The molecule has 2 aromatic heterocycles. The molecule has 2 heterocycles. The summed E-state index contributed by atoms with van der Waals surface area (Å²) < 4.78 is 5.28. The van der Waals surface area contributed by atoms with E-state index < -0.39 is 0 Å². The number of nitrogens with zero attached hydrogens (tertiary/aromatic N) is 3. The highest BCUT2D eigenvalue weighted by atomic mass is 32.2. The molecule has 0 bridgehead atoms. The van der Waals surface area contributed by atoms with Crippen molar-refractivity contribution >= 4 is 23.5 Å². The van der Waals surface area contributed by atoms with Crippen molar-refractivity contribution in [1.82, 2.24) is 9.97 Å². The van der Waals surface area contributed by atoms with Gasteiger partial charge in [-0.2, -0.15) is 5.26 Å². The summed E-state index contributed by atoms with van der Waals surface area (Å²) in [5.41, 5.74) is 4.80. The first-order valence-corrected chi connectivity index (χ1v) is 12.1. The van der Waals surface area contributed by atoms with Crippen molar-refractivity contribution in [3.05, 3.63) is 90.1 Å². The molecule has 1 amide bonds. The molecule has 6 nitrogen and oxygen atoms in total. The largest absolute Gasteiger partial charge is 0.497 e. The molecule has 0 atom stereocenters. The van der Waals surface area contributed by atoms with E-state index in [4.69, 9.17) is 9.72 Å². The number of benzene rings is 2. The van der Waals surface area contributed by atoms with Crippen LogP contribution in [0, 0.1) is 18.3 Å². The van der Waals surface area contributed by atoms with Crippen molar-refractivity contribution in [3.8, 4) is 34.2 Å². The van der Waals surface area contributed by atoms with Crippen molar-refractivity contribution in [1.29, 1.82) is 5.26 Å². The first-order valence-electron chi connectivity index (χ1n) is 11.1. The molecule has 0 saturated carbocycles. The first kappa shape index (κ1) is 24.0. The number of hydrogen-bond acceptors (Lipinski definition) is 6. The molecule has 4 aromatic rings. The van der Waals surface area contributed by atoms with Crippen LogP contribution in [-0.2, 0) is 4.79 Å². The zero-order valence-corrected chi connectivity index (χ0v) is 20.3. The van der Waals surface area contributed by atoms with Crippen LogP contribution in [0.4, 0.5) is 5.82 Å². The van der Waals surface area contributed by atoms with E-state index in [1.807, 2.05) is 79.7 Å². The molecular formula is C28H24N4O2S. The maximum absolute atomic E-state index is 12.5. The average Bonchev–Trinajstić information content (AvgIpc) is 2.90. The Balaban J connectivity index is 1.61. The Morgan fingerprint density at radius 2 is 1.83 bits per heavy atom. The lowest BCUT2D eigenvalue weighted by molar-refractivity contribution is -0.115. The van der Waals surface area contributed by atoms with E-state index >= 15 is 0 Å². The van der Waals surface area contributed by atoms with E-state index in [2.05, 4.69) is 16.4 Å². The first-order chi connectivity index (χ1) is 17.1. The van der Waals surface area contributed by atoms with E-state index in [9.17, 15) is 10.1 Å². The molecular weight excluding hydrogens is 456 g/mol. The molecule has 2 aromatic carbocycles. The zero-order chi connectivity index (χ0) is 24.6. The SMILES string of the molecule is COc1ccc(-c2cc(-c3ccccc3)nc(SCCC(=O)Nc3ncccc3C)c2C#N)cc1. The second-order valence-corrected chi connectivity index (χ2v) is 8.84. The molecule has 0 unspecified atom stereocenters. The molecule has 7 heteroatoms. The topological polar surface area (TPSA) is 87.9 Å². The molecule has 174 valence electrons. The van der Waals surface area contributed by atoms with E-state index in [1.54, 1.807) is 13.3 Å². The molecule has 0 aliphatic carbocycles. The molecule has 1 N–H and O–H groups in total. The highest BCUT2D eigenvalue weighted by Gasteiger charge is 2.17. The lowest BCUT2D eigenvalue weighted by Gasteiger charge is -2.13. The minimum absolute atomic E-state index is 0.132. The summed E-state index contributed by atoms with van der Waals surface area (Å²) in [5, 5.41) is 13.5. The number of ether oxygens (including phenoxy) is 1. The molecule has 0 fully saturated rings. The Hall–Kier alpha value is -4.15. The van der Waals surface area contributed by atoms with Crippen LogP contribution in [0.2, 0.25) is 0 Å². The molecule has 4 rings (SSSR count). The van der Waals surface area contributed by atoms with Crippen molar-refractivity contribution < 1.29 is 9.53 Å². The third-order valence-corrected chi connectivity index (χ3v) is 6.38. The fraction of sp³-hybridized carbons (Fsp3) is 0.143. The fourth-order valence-electron chi connectivity index (χ4n) is 3.54. The Morgan fingerprint density at radius 3 is 2.51 bits per heavy atom. The summed E-state index contributed by atoms with van der Waals surface area (Å²) in [7, 11) is 1.62. The van der Waals surface area contributed by atoms with Crippen LogP contribution >= 0.6 is 11.8 Å². The van der Waals surface area contributed by atoms with Gasteiger partial charge in [0.15, 0.2) is 0 Å². The van der Waals surface area contributed by atoms with Gasteiger partial charge < -0.3 is 10.1 Å². The van der Waals surface area contributed by atoms with Gasteiger partial charge in [-0.1, -0.05) is 48.5 Å². The lowest BCUT2D eigenvalue weighted by atomic mass is 9.99. The predicted octanol–water partition coefficient (Wildman–Crippen LogP) is 6.12. The van der Waals surface area contributed by atoms with Gasteiger partial charge in [-0.05, 0) is 42.3 Å². The number of nitriles is 1. The summed E-state index contributed by atoms with van der Waals surface area (Å²) in [6, 6.07) is 25.5. The summed E-state index contributed by atoms with van der Waals surface area (Å²) in [4.78, 5) is 21.5. The third-order valence-electron chi connectivity index (χ3n) is 5.40. The summed E-state index contributed by atoms with van der Waals surface area (Å²) in [6.07, 6.45) is 1.91. The minimum atomic E-state index is -0.132. The predicted molar refractivity (Wildman–Crippen MR) is 139 cm³/mol. The van der Waals surface area contributed by atoms with E-state index in [1.165, 1.54) is 11.8 Å². The molecule has 0 spiro atoms. The van der Waals surface area contributed by atoms with Crippen molar-refractivity contribution in [2.45, 2.75) is 18.4 Å². The van der Waals surface area contributed by atoms with Gasteiger partial charge in [-0.15, -0.1) is 11.8 Å². The van der Waals surface area contributed by atoms with Crippen LogP contribution in [0.15, 0.2) is 84.0 Å². The third kappa shape index (κ3) is 5.86. The molecule has 35 heavy (non-hydrogen) atoms. The number of nitrogens with one attached hydrogen (secondary N) is 1. The van der Waals surface area contributed by atoms with Gasteiger partial charge in [0.25, 0.3) is 0 Å². The maximum Gasteiger partial charge on any atom is 0.226 e. The number of anilines is 1. The van der Waals surface area contributed by atoms with Gasteiger partial charge in [-0.25, -0.2) is 9.97 Å². The number of pyridine rings is 2. The summed E-state index contributed by atoms with van der Waals surface area (Å²) in [5.74, 6) is 1.65. The number of carbonyl (C=O) groups excluding carboxylic acids is 1. The van der Waals surface area contributed by atoms with Crippen molar-refractivity contribution in [2.75, 3.05) is 18.2 Å². The quantitative estimate of drug-likeness (QED) is 0.306. The van der Waals surface area contributed by atoms with Crippen LogP contribution in [0.25, 0.3) is 22.4 Å². The zero-order valence-electron chi connectivity index (χ0n) is 19.5. The average molecular weight is 481 g/mol. The fourth-order valence-corrected chi connectivity index (χ4v) is 4.48. The standard InChI is InChI=1S/C28H24N4O2S/c1-19-7-6-15-30-27(19)32-26(33)14-16-35-28-24(18-29)23(20-10-12-22(34-2)13-11-20)17-25(31-28)21-8-4-3-5-9-21/h3-13,15,17H,14,16H2,1-2H3,(H,30,32,33). The highest BCUT2D eigenvalue weighted by Crippen LogP contribution is 2.35. The highest BCUT2D eigenvalue weighted by molar-refractivity contribution is 7.99. The Morgan fingerprint density at radius 1 is 1.06 bits per heavy atom. The van der Waals surface area contributed by atoms with Gasteiger partial charge in [0, 0.05) is 29.5 Å². The number of aryl methyl sites for hydroxylation is 1. The lowest BCUT2D eigenvalue weighted by Crippen LogP contribution is -2.14. The Bertz CT molecular complexity index is 1370. The smallest absolute Gasteiger partial charge is 0.226 e. The van der Waals surface area contributed by atoms with E-state index in [-0.39, 0.29) is 12.3 Å². The minimum Gasteiger partial charge on any atom is -0.497 e. The number of amides is 1. The summed E-state index contributed by atoms with van der Waals surface area (Å²) >= 11 is 1.40. The van der Waals surface area contributed by atoms with Gasteiger partial charge in [0.1, 0.15) is 22.7 Å². The number of methoxy groups -OCH3 is 1. The Kier molecular flexibility index (Phi) is 7.76. The van der Waals surface area contributed by atoms with Crippen molar-refractivity contribution in [2.24, 2.45) is 0 Å². The van der Waals surface area contributed by atoms with Crippen LogP contribution in [0.3, 0.4) is 0 Å². The number of aromatic nitrogens is 2. The van der Waals surface area contributed by atoms with Crippen molar-refractivity contribution in [3.63, 3.8) is 0 Å². The number of thioether (sulfide) groups is 1. The molecule has 0 saturated heterocycles. The van der Waals surface area contributed by atoms with Crippen LogP contribution in [0.5, 0.6) is 5.75 Å². The molecule has 0 aliphatic heterocycles. The van der Waals surface area contributed by atoms with Crippen LogP contribution in [0.1, 0.15) is 17.5 Å². The van der Waals surface area contributed by atoms with E-state index in [0.29, 0.717) is 22.2 Å². The summed E-state index contributed by atoms with van der Waals surface area (Å²) in [6.45, 7) is 1.90. The number of hydrogen-bond donors (Lipinski definition) is 1. The van der Waals surface area contributed by atoms with Gasteiger partial charge >= 0.3 is 0 Å². The molecule has 0 radical (unpaired) electrons. The maximum atomic E-state index is 12.5. The van der Waals surface area contributed by atoms with Crippen LogP contribution in [-0.4, -0.2) is 28.7 Å². The van der Waals surface area contributed by atoms with Crippen LogP contribution < -0.4 is 10.1 Å². The second-order valence-electron chi connectivity index (χ2n) is 7.76. The molecule has 0 aliphatic rings. The van der Waals surface area contributed by atoms with E-state index in [0.717, 1.165) is 33.7 Å². The van der Waals surface area contributed by atoms with Gasteiger partial charge in [0.2, 0.25) is 5.91 Å². The monoisotopic (exact) mass is 480 g/mol. The second kappa shape index (κ2) is 11.3. The Labute approximate surface area is 209 Å².